The van der Waals surface area contributed by atoms with E-state index in [1.54, 1.807) is 0 Å². The molecule has 0 fully saturated rings. The lowest BCUT2D eigenvalue weighted by Gasteiger charge is -2.11. The van der Waals surface area contributed by atoms with Crippen molar-refractivity contribution < 1.29 is 0 Å². The number of nitriles is 1. The normalized spacial score (nSPS) is 18.2. The Kier molecular flexibility index (Phi) is 3.56. The first-order valence-electron chi connectivity index (χ1n) is 5.68. The largest absolute Gasteiger partial charge is 0.198 e. The lowest BCUT2D eigenvalue weighted by atomic mass is 9.93. The van der Waals surface area contributed by atoms with Gasteiger partial charge in [-0.05, 0) is 29.9 Å². The van der Waals surface area contributed by atoms with E-state index in [9.17, 15) is 0 Å². The summed E-state index contributed by atoms with van der Waals surface area (Å²) in [5, 5.41) is 8.71. The highest BCUT2D eigenvalue weighted by molar-refractivity contribution is 5.29. The van der Waals surface area contributed by atoms with Crippen molar-refractivity contribution in [3.8, 4) is 6.07 Å². The number of nitrogens with zero attached hydrogens (tertiary/aromatic N) is 1. The van der Waals surface area contributed by atoms with E-state index in [0.29, 0.717) is 12.3 Å². The molecule has 0 heterocycles. The van der Waals surface area contributed by atoms with Crippen LogP contribution in [0, 0.1) is 17.2 Å². The third-order valence-corrected chi connectivity index (χ3v) is 3.00. The zero-order valence-electron chi connectivity index (χ0n) is 9.26. The van der Waals surface area contributed by atoms with Gasteiger partial charge in [0.05, 0.1) is 12.5 Å². The molecule has 0 N–H and O–H groups in total. The summed E-state index contributed by atoms with van der Waals surface area (Å²) in [5.41, 5.74) is 2.64. The van der Waals surface area contributed by atoms with Crippen molar-refractivity contribution in [3.63, 3.8) is 0 Å². The molecule has 1 aromatic carbocycles. The molecule has 0 spiro atoms. The molecule has 0 aromatic heterocycles. The van der Waals surface area contributed by atoms with Gasteiger partial charge in [0, 0.05) is 0 Å². The Morgan fingerprint density at radius 1 is 1.19 bits per heavy atom. The molecular weight excluding hydrogens is 194 g/mol. The van der Waals surface area contributed by atoms with Gasteiger partial charge in [-0.15, -0.1) is 0 Å². The third-order valence-electron chi connectivity index (χ3n) is 3.00. The molecule has 0 aliphatic heterocycles. The summed E-state index contributed by atoms with van der Waals surface area (Å²) < 4.78 is 0. The fourth-order valence-electron chi connectivity index (χ4n) is 2.09. The Hall–Kier alpha value is -1.81. The highest BCUT2D eigenvalue weighted by atomic mass is 14.3. The summed E-state index contributed by atoms with van der Waals surface area (Å²) in [6.07, 6.45) is 9.11. The van der Waals surface area contributed by atoms with Crippen LogP contribution < -0.4 is 0 Å². The number of hydrogen-bond donors (Lipinski definition) is 0. The Balaban J connectivity index is 1.90. The van der Waals surface area contributed by atoms with Crippen LogP contribution in [0.1, 0.15) is 18.4 Å². The van der Waals surface area contributed by atoms with Crippen LogP contribution in [-0.4, -0.2) is 0 Å². The standard InChI is InChI=1S/C15H15N/c16-12-11-15-8-4-7-14(15)10-9-13-5-2-1-3-6-13/h1-8,14H,9-11H2. The molecule has 1 heteroatoms. The molecule has 1 nitrogen and oxygen atoms in total. The highest BCUT2D eigenvalue weighted by Gasteiger charge is 2.13. The molecule has 1 aliphatic rings. The maximum Gasteiger partial charge on any atom is 0.0666 e. The molecule has 1 aromatic rings. The number of rotatable bonds is 4. The highest BCUT2D eigenvalue weighted by Crippen LogP contribution is 2.26. The van der Waals surface area contributed by atoms with Crippen LogP contribution in [-0.2, 0) is 6.42 Å². The number of benzene rings is 1. The van der Waals surface area contributed by atoms with Gasteiger partial charge in [-0.3, -0.25) is 0 Å². The van der Waals surface area contributed by atoms with Crippen LogP contribution in [0.5, 0.6) is 0 Å². The quantitative estimate of drug-likeness (QED) is 0.742. The maximum atomic E-state index is 8.71. The predicted octanol–water partition coefficient (Wildman–Crippen LogP) is 3.65. The van der Waals surface area contributed by atoms with E-state index in [0.717, 1.165) is 12.8 Å². The molecule has 0 radical (unpaired) electrons. The summed E-state index contributed by atoms with van der Waals surface area (Å²) in [4.78, 5) is 0. The minimum absolute atomic E-state index is 0.472. The maximum absolute atomic E-state index is 8.71. The molecule has 1 unspecified atom stereocenters. The zero-order chi connectivity index (χ0) is 11.2. The number of hydrogen-bond acceptors (Lipinski definition) is 1. The van der Waals surface area contributed by atoms with Crippen molar-refractivity contribution in [1.82, 2.24) is 0 Å². The van der Waals surface area contributed by atoms with Gasteiger partial charge in [0.1, 0.15) is 0 Å². The summed E-state index contributed by atoms with van der Waals surface area (Å²) in [6.45, 7) is 0. The molecule has 0 amide bonds. The van der Waals surface area contributed by atoms with E-state index >= 15 is 0 Å². The minimum Gasteiger partial charge on any atom is -0.198 e. The van der Waals surface area contributed by atoms with E-state index in [4.69, 9.17) is 5.26 Å². The van der Waals surface area contributed by atoms with Gasteiger partial charge in [0.25, 0.3) is 0 Å². The van der Waals surface area contributed by atoms with Crippen molar-refractivity contribution in [3.05, 3.63) is 59.7 Å². The van der Waals surface area contributed by atoms with Crippen LogP contribution in [0.2, 0.25) is 0 Å². The Morgan fingerprint density at radius 3 is 2.75 bits per heavy atom. The average molecular weight is 209 g/mol. The molecule has 1 aliphatic carbocycles. The Bertz CT molecular complexity index is 434. The van der Waals surface area contributed by atoms with Gasteiger partial charge in [0.15, 0.2) is 0 Å². The minimum atomic E-state index is 0.472. The average Bonchev–Trinajstić information content (AvgIpc) is 2.76. The molecular formula is C15H15N. The molecule has 2 rings (SSSR count). The monoisotopic (exact) mass is 209 g/mol. The lowest BCUT2D eigenvalue weighted by molar-refractivity contribution is 0.671. The van der Waals surface area contributed by atoms with Gasteiger partial charge in [-0.1, -0.05) is 48.6 Å². The first-order chi connectivity index (χ1) is 7.90. The van der Waals surface area contributed by atoms with Crippen molar-refractivity contribution >= 4 is 0 Å². The SMILES string of the molecule is N#CCC1=CC=CC1CCc1ccccc1. The van der Waals surface area contributed by atoms with Crippen molar-refractivity contribution in [2.45, 2.75) is 19.3 Å². The summed E-state index contributed by atoms with van der Waals surface area (Å²) in [5.74, 6) is 0.472. The molecule has 0 saturated heterocycles. The Morgan fingerprint density at radius 2 is 2.00 bits per heavy atom. The summed E-state index contributed by atoms with van der Waals surface area (Å²) >= 11 is 0. The number of allylic oxidation sites excluding steroid dienone is 4. The van der Waals surface area contributed by atoms with E-state index in [2.05, 4.69) is 48.6 Å². The second-order valence-electron chi connectivity index (χ2n) is 4.09. The van der Waals surface area contributed by atoms with Gasteiger partial charge >= 0.3 is 0 Å². The molecule has 0 saturated carbocycles. The first kappa shape index (κ1) is 10.7. The van der Waals surface area contributed by atoms with Crippen LogP contribution in [0.15, 0.2) is 54.1 Å². The summed E-state index contributed by atoms with van der Waals surface area (Å²) in [7, 11) is 0. The van der Waals surface area contributed by atoms with E-state index in [1.807, 2.05) is 6.07 Å². The van der Waals surface area contributed by atoms with E-state index in [1.165, 1.54) is 11.1 Å². The molecule has 16 heavy (non-hydrogen) atoms. The van der Waals surface area contributed by atoms with Gasteiger partial charge in [-0.25, -0.2) is 0 Å². The van der Waals surface area contributed by atoms with Crippen LogP contribution in [0.4, 0.5) is 0 Å². The van der Waals surface area contributed by atoms with E-state index < -0.39 is 0 Å². The second kappa shape index (κ2) is 5.32. The smallest absolute Gasteiger partial charge is 0.0666 e. The third kappa shape index (κ3) is 2.61. The van der Waals surface area contributed by atoms with Gasteiger partial charge in [0.2, 0.25) is 0 Å². The van der Waals surface area contributed by atoms with Crippen molar-refractivity contribution in [2.75, 3.05) is 0 Å². The van der Waals surface area contributed by atoms with Gasteiger partial charge < -0.3 is 0 Å². The fourth-order valence-corrected chi connectivity index (χ4v) is 2.09. The zero-order valence-corrected chi connectivity index (χ0v) is 9.26. The molecule has 1 atom stereocenters. The number of aryl methyl sites for hydroxylation is 1. The van der Waals surface area contributed by atoms with Crippen LogP contribution >= 0.6 is 0 Å². The van der Waals surface area contributed by atoms with Crippen molar-refractivity contribution in [1.29, 1.82) is 5.26 Å². The topological polar surface area (TPSA) is 23.8 Å². The van der Waals surface area contributed by atoms with Crippen molar-refractivity contribution in [2.24, 2.45) is 5.92 Å². The predicted molar refractivity (Wildman–Crippen MR) is 65.7 cm³/mol. The first-order valence-corrected chi connectivity index (χ1v) is 5.68. The van der Waals surface area contributed by atoms with Crippen LogP contribution in [0.3, 0.4) is 0 Å². The second-order valence-corrected chi connectivity index (χ2v) is 4.09. The van der Waals surface area contributed by atoms with Gasteiger partial charge in [-0.2, -0.15) is 5.26 Å². The molecule has 80 valence electrons. The van der Waals surface area contributed by atoms with Crippen LogP contribution in [0.25, 0.3) is 0 Å². The fraction of sp³-hybridized carbons (Fsp3) is 0.267. The molecule has 0 bridgehead atoms. The summed E-state index contributed by atoms with van der Waals surface area (Å²) in [6, 6.07) is 12.7. The van der Waals surface area contributed by atoms with E-state index in [-0.39, 0.29) is 0 Å². The Labute approximate surface area is 96.7 Å². The lowest BCUT2D eigenvalue weighted by Crippen LogP contribution is -2.00.